The molecule has 0 bridgehead atoms. The lowest BCUT2D eigenvalue weighted by Gasteiger charge is -1.96. The molecule has 1 heterocycles. The molecule has 0 saturated heterocycles. The summed E-state index contributed by atoms with van der Waals surface area (Å²) in [5.74, 6) is 0.471. The summed E-state index contributed by atoms with van der Waals surface area (Å²) in [7, 11) is 0. The second-order valence-corrected chi connectivity index (χ2v) is 4.05. The summed E-state index contributed by atoms with van der Waals surface area (Å²) in [5.41, 5.74) is 0.821. The van der Waals surface area contributed by atoms with Gasteiger partial charge in [0.1, 0.15) is 0 Å². The van der Waals surface area contributed by atoms with E-state index in [1.54, 1.807) is 0 Å². The molecule has 0 fully saturated rings. The van der Waals surface area contributed by atoms with Crippen molar-refractivity contribution in [1.82, 2.24) is 15.0 Å². The second-order valence-electron chi connectivity index (χ2n) is 3.35. The smallest absolute Gasteiger partial charge is 0.197 e. The maximum absolute atomic E-state index is 5.78. The van der Waals surface area contributed by atoms with E-state index in [9.17, 15) is 0 Å². The lowest BCUT2D eigenvalue weighted by molar-refractivity contribution is -0.304. The number of hydrogen-bond acceptors (Lipinski definition) is 3. The van der Waals surface area contributed by atoms with Crippen LogP contribution in [0, 0.1) is 11.6 Å². The van der Waals surface area contributed by atoms with Crippen LogP contribution in [0.2, 0.25) is 10.6 Å². The van der Waals surface area contributed by atoms with Crippen LogP contribution in [-0.4, -0.2) is 15.0 Å². The summed E-state index contributed by atoms with van der Waals surface area (Å²) in [6, 6.07) is 17.2. The number of rotatable bonds is 1. The normalized spacial score (nSPS) is 9.67. The van der Waals surface area contributed by atoms with Crippen molar-refractivity contribution < 1.29 is 11.6 Å². The van der Waals surface area contributed by atoms with Crippen molar-refractivity contribution in [3.05, 3.63) is 65.2 Å². The van der Waals surface area contributed by atoms with Crippen molar-refractivity contribution in [2.45, 2.75) is 0 Å². The van der Waals surface area contributed by atoms with Crippen LogP contribution in [0.3, 0.4) is 0 Å². The summed E-state index contributed by atoms with van der Waals surface area (Å²) in [6.07, 6.45) is 0. The Morgan fingerprint density at radius 2 is 1.33 bits per heavy atom. The zero-order valence-electron chi connectivity index (χ0n) is 9.32. The number of aromatic nitrogens is 3. The van der Waals surface area contributed by atoms with Crippen LogP contribution in [0.5, 0.6) is 0 Å². The molecule has 0 aliphatic carbocycles. The average Bonchev–Trinajstić information content (AvgIpc) is 2.34. The van der Waals surface area contributed by atoms with E-state index in [0.717, 1.165) is 5.56 Å². The van der Waals surface area contributed by atoms with E-state index < -0.39 is 0 Å². The van der Waals surface area contributed by atoms with E-state index in [4.69, 9.17) is 23.2 Å². The number of halogens is 2. The first-order valence-corrected chi connectivity index (χ1v) is 6.01. The van der Waals surface area contributed by atoms with Gasteiger partial charge < -0.3 is 0 Å². The molecule has 0 saturated carbocycles. The van der Waals surface area contributed by atoms with E-state index in [1.165, 1.54) is 0 Å². The van der Waals surface area contributed by atoms with Gasteiger partial charge in [-0.2, -0.15) is 9.97 Å². The highest BCUT2D eigenvalue weighted by molar-refractivity contribution is 6.28. The van der Waals surface area contributed by atoms with Gasteiger partial charge in [-0.25, -0.2) is 0 Å². The van der Waals surface area contributed by atoms with Crippen molar-refractivity contribution in [2.75, 3.05) is 0 Å². The van der Waals surface area contributed by atoms with Gasteiger partial charge in [0, 0.05) is 5.56 Å². The van der Waals surface area contributed by atoms with Crippen molar-refractivity contribution in [3.8, 4) is 11.4 Å². The van der Waals surface area contributed by atoms with Crippen LogP contribution in [0.1, 0.15) is 0 Å². The largest absolute Gasteiger partial charge is 0.422 e. The third kappa shape index (κ3) is 3.65. The molecule has 0 radical (unpaired) electrons. The maximum atomic E-state index is 5.78. The Labute approximate surface area is 115 Å². The van der Waals surface area contributed by atoms with E-state index in [1.807, 2.05) is 54.6 Å². The van der Waals surface area contributed by atoms with E-state index in [-0.39, 0.29) is 10.6 Å². The molecule has 1 aromatic carbocycles. The van der Waals surface area contributed by atoms with Gasteiger partial charge in [-0.05, 0) is 11.6 Å². The van der Waals surface area contributed by atoms with Gasteiger partial charge in [0.2, 0.25) is 5.28 Å². The first kappa shape index (κ1) is 12.7. The Hall–Kier alpha value is -1.71. The van der Waals surface area contributed by atoms with Crippen LogP contribution in [0.15, 0.2) is 54.6 Å². The molecule has 0 N–H and O–H groups in total. The average molecular weight is 279 g/mol. The molecule has 0 amide bonds. The molecular formula is C13H10Cl2N3+. The van der Waals surface area contributed by atoms with Crippen LogP contribution >= 0.6 is 11.6 Å². The second kappa shape index (κ2) is 6.28. The van der Waals surface area contributed by atoms with Crippen molar-refractivity contribution >= 4 is 11.6 Å². The molecule has 3 nitrogen and oxygen atoms in total. The Bertz CT molecular complexity index is 556. The zero-order chi connectivity index (χ0) is 12.8. The van der Waals surface area contributed by atoms with Crippen LogP contribution < -0.4 is 0 Å². The van der Waals surface area contributed by atoms with Gasteiger partial charge in [0.05, 0.1) is 0 Å². The van der Waals surface area contributed by atoms with Crippen LogP contribution in [0.25, 0.3) is 11.4 Å². The molecule has 0 unspecified atom stereocenters. The molecule has 0 atom stereocenters. The fourth-order valence-corrected chi connectivity index (χ4v) is 1.69. The van der Waals surface area contributed by atoms with E-state index in [2.05, 4.69) is 15.0 Å². The summed E-state index contributed by atoms with van der Waals surface area (Å²) < 4.78 is 0. The Balaban J connectivity index is 2.56. The molecule has 2 aromatic rings. The topological polar surface area (TPSA) is 38.7 Å². The molecule has 90 valence electrons. The van der Waals surface area contributed by atoms with Crippen LogP contribution in [0.4, 0.5) is 0 Å². The lowest BCUT2D eigenvalue weighted by Crippen LogP contribution is -1.94. The lowest BCUT2D eigenvalue weighted by atomic mass is 10.2. The third-order valence-electron chi connectivity index (χ3n) is 2.06. The first-order valence-electron chi connectivity index (χ1n) is 5.23. The minimum atomic E-state index is 0.107. The fourth-order valence-electron chi connectivity index (χ4n) is 1.30. The molecule has 0 aliphatic rings. The highest BCUT2D eigenvalue weighted by Crippen LogP contribution is 2.14. The minimum absolute atomic E-state index is 0.107. The summed E-state index contributed by atoms with van der Waals surface area (Å²) in [6.45, 7) is 0. The van der Waals surface area contributed by atoms with Gasteiger partial charge in [-0.15, -0.1) is 4.98 Å². The molecule has 0 spiro atoms. The van der Waals surface area contributed by atoms with E-state index in [0.29, 0.717) is 5.82 Å². The third-order valence-corrected chi connectivity index (χ3v) is 2.42. The predicted molar refractivity (Wildman–Crippen MR) is 68.5 cm³/mol. The monoisotopic (exact) mass is 278 g/mol. The van der Waals surface area contributed by atoms with Crippen molar-refractivity contribution in [1.29, 1.82) is 0 Å². The molecule has 1 aromatic heterocycles. The Morgan fingerprint density at radius 3 is 1.89 bits per heavy atom. The molecule has 2 rings (SSSR count). The molecule has 0 aliphatic heterocycles. The van der Waals surface area contributed by atoms with Crippen molar-refractivity contribution in [3.63, 3.8) is 0 Å². The summed E-state index contributed by atoms with van der Waals surface area (Å²) >= 11 is 10.7. The number of nitrogens with zero attached hydrogens (tertiary/aromatic N) is 3. The standard InChI is InChI=1S/C13H10Cl2N3/c14-12-16-11(17-13(15)18-12)10-8-6-4-2-1-3-5-7-9-10/h1-9,14H/q+1. The summed E-state index contributed by atoms with van der Waals surface area (Å²) in [5, 5.41) is 0.298. The van der Waals surface area contributed by atoms with Gasteiger partial charge in [-0.1, -0.05) is 54.6 Å². The fraction of sp³-hybridized carbons (Fsp3) is 0. The quantitative estimate of drug-likeness (QED) is 0.805. The number of hydrogen-bond donors (Lipinski definition) is 0. The minimum Gasteiger partial charge on any atom is -0.197 e. The van der Waals surface area contributed by atoms with Gasteiger partial charge in [0.25, 0.3) is 0 Å². The van der Waals surface area contributed by atoms with Gasteiger partial charge in [0.15, 0.2) is 17.4 Å². The van der Waals surface area contributed by atoms with Crippen molar-refractivity contribution in [2.24, 2.45) is 0 Å². The highest BCUT2D eigenvalue weighted by Gasteiger charge is 2.08. The highest BCUT2D eigenvalue weighted by atomic mass is 35.5. The SMILES string of the molecule is Clc1nc([ClH+])nc(-c2ccccccccc2)n1. The predicted octanol–water partition coefficient (Wildman–Crippen LogP) is 3.01. The molecule has 5 heteroatoms. The van der Waals surface area contributed by atoms with Gasteiger partial charge in [-0.3, -0.25) is 0 Å². The zero-order valence-corrected chi connectivity index (χ0v) is 10.9. The van der Waals surface area contributed by atoms with Gasteiger partial charge >= 0.3 is 5.28 Å². The van der Waals surface area contributed by atoms with E-state index >= 15 is 0 Å². The molecule has 18 heavy (non-hydrogen) atoms. The first-order chi connectivity index (χ1) is 8.75. The maximum Gasteiger partial charge on any atom is 0.422 e. The summed E-state index contributed by atoms with van der Waals surface area (Å²) in [4.78, 5) is 11.9. The van der Waals surface area contributed by atoms with Crippen LogP contribution in [-0.2, 0) is 0 Å². The molecular weight excluding hydrogens is 269 g/mol. The Kier molecular flexibility index (Phi) is 4.45. The Morgan fingerprint density at radius 1 is 0.778 bits per heavy atom.